The minimum Gasteiger partial charge on any atom is -0.337 e. The highest BCUT2D eigenvalue weighted by atomic mass is 19.1. The largest absolute Gasteiger partial charge is 0.337 e. The van der Waals surface area contributed by atoms with Crippen LogP contribution in [0.5, 0.6) is 0 Å². The summed E-state index contributed by atoms with van der Waals surface area (Å²) in [5.74, 6) is 0.0373. The molecule has 1 unspecified atom stereocenters. The van der Waals surface area contributed by atoms with Crippen LogP contribution in [0.3, 0.4) is 0 Å². The summed E-state index contributed by atoms with van der Waals surface area (Å²) in [5.41, 5.74) is 8.10. The number of pyridine rings is 1. The highest BCUT2D eigenvalue weighted by molar-refractivity contribution is 6.06. The molecule has 2 fully saturated rings. The summed E-state index contributed by atoms with van der Waals surface area (Å²) in [4.78, 5) is 19.2. The second-order valence-electron chi connectivity index (χ2n) is 6.33. The predicted octanol–water partition coefficient (Wildman–Crippen LogP) is 2.42. The fourth-order valence-corrected chi connectivity index (χ4v) is 3.13. The molecule has 114 valence electrons. The lowest BCUT2D eigenvalue weighted by Crippen LogP contribution is -2.32. The second kappa shape index (κ2) is 5.02. The molecule has 5 heteroatoms. The zero-order valence-electron chi connectivity index (χ0n) is 12.3. The van der Waals surface area contributed by atoms with Gasteiger partial charge in [-0.05, 0) is 43.5 Å². The molecule has 1 aromatic carbocycles. The number of likely N-dealkylation sites (tertiary alicyclic amines) is 1. The minimum absolute atomic E-state index is 0.0386. The zero-order chi connectivity index (χ0) is 15.3. The number of nitrogens with zero attached hydrogens (tertiary/aromatic N) is 2. The number of amides is 1. The molecule has 4 rings (SSSR count). The van der Waals surface area contributed by atoms with Crippen molar-refractivity contribution in [3.63, 3.8) is 0 Å². The van der Waals surface area contributed by atoms with E-state index in [9.17, 15) is 9.18 Å². The molecule has 0 bridgehead atoms. The van der Waals surface area contributed by atoms with Gasteiger partial charge >= 0.3 is 0 Å². The molecule has 22 heavy (non-hydrogen) atoms. The Balaban J connectivity index is 1.83. The summed E-state index contributed by atoms with van der Waals surface area (Å²) in [5, 5.41) is 0.592. The quantitative estimate of drug-likeness (QED) is 0.926. The highest BCUT2D eigenvalue weighted by Crippen LogP contribution is 2.40. The Morgan fingerprint density at radius 3 is 2.77 bits per heavy atom. The van der Waals surface area contributed by atoms with Gasteiger partial charge in [0.2, 0.25) is 0 Å². The number of fused-ring (bicyclic) bond motifs is 1. The average Bonchev–Trinajstić information content (AvgIpc) is 3.27. The van der Waals surface area contributed by atoms with Crippen molar-refractivity contribution in [2.75, 3.05) is 13.1 Å². The minimum atomic E-state index is -0.347. The Kier molecular flexibility index (Phi) is 3.11. The third-order valence-electron chi connectivity index (χ3n) is 4.53. The van der Waals surface area contributed by atoms with Crippen molar-refractivity contribution in [2.45, 2.75) is 31.2 Å². The predicted molar refractivity (Wildman–Crippen MR) is 82.2 cm³/mol. The van der Waals surface area contributed by atoms with Crippen LogP contribution in [-0.2, 0) is 0 Å². The van der Waals surface area contributed by atoms with E-state index in [2.05, 4.69) is 4.98 Å². The van der Waals surface area contributed by atoms with Gasteiger partial charge in [-0.1, -0.05) is 0 Å². The highest BCUT2D eigenvalue weighted by Gasteiger charge is 2.30. The van der Waals surface area contributed by atoms with Gasteiger partial charge in [0.25, 0.3) is 5.91 Å². The molecule has 1 aliphatic carbocycles. The van der Waals surface area contributed by atoms with Gasteiger partial charge in [-0.2, -0.15) is 0 Å². The van der Waals surface area contributed by atoms with Crippen molar-refractivity contribution < 1.29 is 9.18 Å². The van der Waals surface area contributed by atoms with E-state index in [0.717, 1.165) is 25.0 Å². The van der Waals surface area contributed by atoms with Crippen molar-refractivity contribution >= 4 is 16.8 Å². The molecule has 2 aromatic rings. The van der Waals surface area contributed by atoms with Crippen LogP contribution in [0.1, 0.15) is 41.2 Å². The molecule has 2 N–H and O–H groups in total. The van der Waals surface area contributed by atoms with E-state index in [0.29, 0.717) is 35.5 Å². The third-order valence-corrected chi connectivity index (χ3v) is 4.53. The molecule has 1 amide bonds. The van der Waals surface area contributed by atoms with Crippen LogP contribution in [0.25, 0.3) is 10.9 Å². The maximum Gasteiger partial charge on any atom is 0.254 e. The smallest absolute Gasteiger partial charge is 0.254 e. The molecule has 4 nitrogen and oxygen atoms in total. The van der Waals surface area contributed by atoms with Gasteiger partial charge < -0.3 is 10.6 Å². The fourth-order valence-electron chi connectivity index (χ4n) is 3.13. The van der Waals surface area contributed by atoms with Crippen LogP contribution in [0.15, 0.2) is 24.3 Å². The molecule has 2 heterocycles. The fraction of sp³-hybridized carbons (Fsp3) is 0.412. The van der Waals surface area contributed by atoms with E-state index < -0.39 is 0 Å². The lowest BCUT2D eigenvalue weighted by Gasteiger charge is -2.18. The Morgan fingerprint density at radius 1 is 1.27 bits per heavy atom. The molecule has 1 aromatic heterocycles. The lowest BCUT2D eigenvalue weighted by atomic mass is 10.0. The Morgan fingerprint density at radius 2 is 2.09 bits per heavy atom. The Bertz CT molecular complexity index is 757. The maximum absolute atomic E-state index is 13.6. The van der Waals surface area contributed by atoms with Crippen LogP contribution >= 0.6 is 0 Å². The van der Waals surface area contributed by atoms with E-state index in [4.69, 9.17) is 5.73 Å². The molecule has 1 saturated carbocycles. The second-order valence-corrected chi connectivity index (χ2v) is 6.33. The van der Waals surface area contributed by atoms with Crippen LogP contribution in [-0.4, -0.2) is 34.9 Å². The first-order valence-electron chi connectivity index (χ1n) is 7.77. The van der Waals surface area contributed by atoms with Crippen LogP contribution in [0, 0.1) is 5.82 Å². The molecule has 2 aliphatic rings. The topological polar surface area (TPSA) is 59.2 Å². The van der Waals surface area contributed by atoms with Gasteiger partial charge in [-0.15, -0.1) is 0 Å². The number of hydrogen-bond donors (Lipinski definition) is 1. The molecular weight excluding hydrogens is 281 g/mol. The number of benzene rings is 1. The van der Waals surface area contributed by atoms with Crippen LogP contribution < -0.4 is 5.73 Å². The summed E-state index contributed by atoms with van der Waals surface area (Å²) in [6, 6.07) is 6.35. The lowest BCUT2D eigenvalue weighted by molar-refractivity contribution is 0.0792. The number of aromatic nitrogens is 1. The standard InChI is InChI=1S/C17H18FN3O/c18-11-3-4-15-13(7-11)14(8-16(20-15)10-1-2-10)17(22)21-6-5-12(19)9-21/h3-4,7-8,10,12H,1-2,5-6,9,19H2. The maximum atomic E-state index is 13.6. The number of nitrogens with two attached hydrogens (primary N) is 1. The van der Waals surface area contributed by atoms with Gasteiger partial charge in [-0.25, -0.2) is 4.39 Å². The first-order valence-corrected chi connectivity index (χ1v) is 7.77. The average molecular weight is 299 g/mol. The van der Waals surface area contributed by atoms with E-state index in [1.54, 1.807) is 11.0 Å². The van der Waals surface area contributed by atoms with Crippen LogP contribution in [0.4, 0.5) is 4.39 Å². The van der Waals surface area contributed by atoms with Crippen molar-refractivity contribution in [1.82, 2.24) is 9.88 Å². The summed E-state index contributed by atoms with van der Waals surface area (Å²) in [6.45, 7) is 1.23. The number of carbonyl (C=O) groups is 1. The Hall–Kier alpha value is -2.01. The van der Waals surface area contributed by atoms with E-state index >= 15 is 0 Å². The van der Waals surface area contributed by atoms with Crippen molar-refractivity contribution in [3.05, 3.63) is 41.3 Å². The molecule has 1 atom stereocenters. The zero-order valence-corrected chi connectivity index (χ0v) is 12.3. The number of halogens is 1. The number of rotatable bonds is 2. The molecule has 1 saturated heterocycles. The van der Waals surface area contributed by atoms with E-state index in [-0.39, 0.29) is 17.8 Å². The summed E-state index contributed by atoms with van der Waals surface area (Å²) < 4.78 is 13.6. The van der Waals surface area contributed by atoms with E-state index in [1.807, 2.05) is 6.07 Å². The SMILES string of the molecule is NC1CCN(C(=O)c2cc(C3CC3)nc3ccc(F)cc23)C1. The van der Waals surface area contributed by atoms with E-state index in [1.165, 1.54) is 12.1 Å². The number of hydrogen-bond acceptors (Lipinski definition) is 3. The van der Waals surface area contributed by atoms with Crippen molar-refractivity contribution in [2.24, 2.45) is 5.73 Å². The summed E-state index contributed by atoms with van der Waals surface area (Å²) in [6.07, 6.45) is 3.04. The summed E-state index contributed by atoms with van der Waals surface area (Å²) in [7, 11) is 0. The van der Waals surface area contributed by atoms with Crippen LogP contribution in [0.2, 0.25) is 0 Å². The first kappa shape index (κ1) is 13.6. The van der Waals surface area contributed by atoms with Gasteiger partial charge in [0, 0.05) is 36.1 Å². The summed E-state index contributed by atoms with van der Waals surface area (Å²) >= 11 is 0. The van der Waals surface area contributed by atoms with Gasteiger partial charge in [-0.3, -0.25) is 9.78 Å². The normalized spacial score (nSPS) is 21.5. The molecular formula is C17H18FN3O. The van der Waals surface area contributed by atoms with Gasteiger partial charge in [0.15, 0.2) is 0 Å². The van der Waals surface area contributed by atoms with Gasteiger partial charge in [0.1, 0.15) is 5.82 Å². The molecule has 0 spiro atoms. The molecule has 1 aliphatic heterocycles. The number of carbonyl (C=O) groups excluding carboxylic acids is 1. The first-order chi connectivity index (χ1) is 10.6. The molecule has 0 radical (unpaired) electrons. The van der Waals surface area contributed by atoms with Gasteiger partial charge in [0.05, 0.1) is 11.1 Å². The monoisotopic (exact) mass is 299 g/mol. The third kappa shape index (κ3) is 2.35. The van der Waals surface area contributed by atoms with Crippen molar-refractivity contribution in [3.8, 4) is 0 Å². The Labute approximate surface area is 128 Å². The van der Waals surface area contributed by atoms with Crippen molar-refractivity contribution in [1.29, 1.82) is 0 Å².